The minimum Gasteiger partial charge on any atom is -0.508 e. The van der Waals surface area contributed by atoms with Crippen LogP contribution in [0.5, 0.6) is 17.2 Å². The predicted octanol–water partition coefficient (Wildman–Crippen LogP) is 2.02. The fraction of sp³-hybridized carbons (Fsp3) is 0. The summed E-state index contributed by atoms with van der Waals surface area (Å²) >= 11 is 0. The average molecular weight is 309 g/mol. The number of carbonyl (C=O) groups is 1. The minimum atomic E-state index is -0.716. The molecule has 7 heteroatoms. The molecule has 0 atom stereocenters. The van der Waals surface area contributed by atoms with Gasteiger partial charge in [0.15, 0.2) is 0 Å². The van der Waals surface area contributed by atoms with Crippen molar-refractivity contribution < 1.29 is 19.7 Å². The predicted molar refractivity (Wildman–Crippen MR) is 79.4 cm³/mol. The van der Waals surface area contributed by atoms with Crippen LogP contribution in [0.15, 0.2) is 42.5 Å². The molecule has 0 aliphatic rings. The maximum atomic E-state index is 11.8. The van der Waals surface area contributed by atoms with Crippen molar-refractivity contribution in [3.63, 3.8) is 0 Å². The molecule has 6 nitrogen and oxygen atoms in total. The van der Waals surface area contributed by atoms with Crippen LogP contribution in [-0.2, 0) is 0 Å². The van der Waals surface area contributed by atoms with Crippen LogP contribution in [0.4, 0.5) is 0 Å². The van der Waals surface area contributed by atoms with Crippen molar-refractivity contribution in [2.75, 3.05) is 0 Å². The van der Waals surface area contributed by atoms with E-state index >= 15 is 0 Å². The first-order valence-corrected chi connectivity index (χ1v) is 5.65. The molecule has 0 unspecified atom stereocenters. The topological polar surface area (TPSA) is 117 Å². The number of carbonyl (C=O) groups excluding carboxylic acids is 1. The summed E-state index contributed by atoms with van der Waals surface area (Å²) in [5, 5.41) is 25.8. The van der Waals surface area contributed by atoms with Crippen molar-refractivity contribution in [2.24, 2.45) is 5.73 Å². The van der Waals surface area contributed by atoms with Crippen LogP contribution in [0.1, 0.15) is 15.9 Å². The Morgan fingerprint density at radius 1 is 1.00 bits per heavy atom. The number of halogens is 1. The highest BCUT2D eigenvalue weighted by Gasteiger charge is 2.11. The lowest BCUT2D eigenvalue weighted by Gasteiger charge is -2.06. The summed E-state index contributed by atoms with van der Waals surface area (Å²) < 4.78 is 5.07. The van der Waals surface area contributed by atoms with Gasteiger partial charge in [0.05, 0.1) is 5.56 Å². The molecular weight excluding hydrogens is 296 g/mol. The third-order valence-corrected chi connectivity index (χ3v) is 2.51. The zero-order chi connectivity index (χ0) is 14.7. The number of nitrogen functional groups attached to an aromatic ring is 1. The molecule has 0 bridgehead atoms. The molecule has 21 heavy (non-hydrogen) atoms. The first-order chi connectivity index (χ1) is 9.45. The quantitative estimate of drug-likeness (QED) is 0.299. The van der Waals surface area contributed by atoms with E-state index in [-0.39, 0.29) is 41.1 Å². The molecule has 110 valence electrons. The molecule has 0 heterocycles. The number of hydrogen-bond donors (Lipinski definition) is 4. The number of esters is 1. The van der Waals surface area contributed by atoms with Crippen LogP contribution in [-0.4, -0.2) is 22.0 Å². The van der Waals surface area contributed by atoms with Crippen molar-refractivity contribution in [3.8, 4) is 17.2 Å². The van der Waals surface area contributed by atoms with Gasteiger partial charge in [0.1, 0.15) is 23.1 Å². The van der Waals surface area contributed by atoms with E-state index in [2.05, 4.69) is 0 Å². The van der Waals surface area contributed by atoms with Crippen molar-refractivity contribution in [2.45, 2.75) is 0 Å². The SMILES string of the molecule is Cl.N=C(N)c1ccc(OC(=O)c2cc(O)cc(O)c2)cc1. The summed E-state index contributed by atoms with van der Waals surface area (Å²) in [6, 6.07) is 9.57. The van der Waals surface area contributed by atoms with E-state index in [4.69, 9.17) is 15.9 Å². The molecular formula is C14H13ClN2O4. The number of benzene rings is 2. The maximum Gasteiger partial charge on any atom is 0.343 e. The molecule has 2 rings (SSSR count). The molecule has 2 aromatic carbocycles. The first kappa shape index (κ1) is 16.3. The normalized spacial score (nSPS) is 9.52. The van der Waals surface area contributed by atoms with Crippen molar-refractivity contribution in [3.05, 3.63) is 53.6 Å². The van der Waals surface area contributed by atoms with Gasteiger partial charge in [0.25, 0.3) is 0 Å². The van der Waals surface area contributed by atoms with E-state index in [1.54, 1.807) is 12.1 Å². The van der Waals surface area contributed by atoms with Crippen LogP contribution < -0.4 is 10.5 Å². The van der Waals surface area contributed by atoms with Crippen LogP contribution >= 0.6 is 12.4 Å². The second kappa shape index (κ2) is 6.62. The summed E-state index contributed by atoms with van der Waals surface area (Å²) in [4.78, 5) is 11.8. The molecule has 0 fully saturated rings. The number of nitrogens with two attached hydrogens (primary N) is 1. The zero-order valence-corrected chi connectivity index (χ0v) is 11.6. The Balaban J connectivity index is 0.00000220. The van der Waals surface area contributed by atoms with Crippen molar-refractivity contribution in [1.29, 1.82) is 5.41 Å². The van der Waals surface area contributed by atoms with Gasteiger partial charge in [-0.2, -0.15) is 0 Å². The number of nitrogens with one attached hydrogen (secondary N) is 1. The Bertz CT molecular complexity index is 651. The van der Waals surface area contributed by atoms with Gasteiger partial charge in [0.2, 0.25) is 0 Å². The Morgan fingerprint density at radius 3 is 2.00 bits per heavy atom. The highest BCUT2D eigenvalue weighted by Crippen LogP contribution is 2.22. The van der Waals surface area contributed by atoms with Gasteiger partial charge in [-0.05, 0) is 36.4 Å². The van der Waals surface area contributed by atoms with Gasteiger partial charge in [-0.25, -0.2) is 4.79 Å². The Labute approximate surface area is 126 Å². The molecule has 2 aromatic rings. The number of rotatable bonds is 3. The van der Waals surface area contributed by atoms with E-state index in [9.17, 15) is 15.0 Å². The van der Waals surface area contributed by atoms with E-state index in [1.807, 2.05) is 0 Å². The van der Waals surface area contributed by atoms with Gasteiger partial charge in [-0.15, -0.1) is 12.4 Å². The lowest BCUT2D eigenvalue weighted by Crippen LogP contribution is -2.11. The lowest BCUT2D eigenvalue weighted by atomic mass is 10.2. The highest BCUT2D eigenvalue weighted by atomic mass is 35.5. The number of aromatic hydroxyl groups is 2. The smallest absolute Gasteiger partial charge is 0.343 e. The fourth-order valence-corrected chi connectivity index (χ4v) is 1.58. The molecule has 0 saturated heterocycles. The number of phenolic OH excluding ortho intramolecular Hbond substituents is 2. The first-order valence-electron chi connectivity index (χ1n) is 5.65. The van der Waals surface area contributed by atoms with Crippen LogP contribution in [0.3, 0.4) is 0 Å². The summed E-state index contributed by atoms with van der Waals surface area (Å²) in [5.74, 6) is -0.997. The van der Waals surface area contributed by atoms with Gasteiger partial charge in [-0.3, -0.25) is 5.41 Å². The number of hydrogen-bond acceptors (Lipinski definition) is 5. The van der Waals surface area contributed by atoms with Gasteiger partial charge >= 0.3 is 5.97 Å². The number of ether oxygens (including phenoxy) is 1. The second-order valence-electron chi connectivity index (χ2n) is 4.07. The second-order valence-corrected chi connectivity index (χ2v) is 4.07. The zero-order valence-electron chi connectivity index (χ0n) is 10.7. The van der Waals surface area contributed by atoms with Crippen molar-refractivity contribution >= 4 is 24.2 Å². The highest BCUT2D eigenvalue weighted by molar-refractivity contribution is 5.95. The monoisotopic (exact) mass is 308 g/mol. The molecule has 0 aliphatic heterocycles. The Hall–Kier alpha value is -2.73. The molecule has 0 aromatic heterocycles. The van der Waals surface area contributed by atoms with Gasteiger partial charge < -0.3 is 20.7 Å². The molecule has 0 saturated carbocycles. The minimum absolute atomic E-state index is 0. The summed E-state index contributed by atoms with van der Waals surface area (Å²) in [5.41, 5.74) is 5.85. The van der Waals surface area contributed by atoms with Gasteiger partial charge in [-0.1, -0.05) is 0 Å². The molecule has 0 amide bonds. The largest absolute Gasteiger partial charge is 0.508 e. The number of amidine groups is 1. The standard InChI is InChI=1S/C14H12N2O4.ClH/c15-13(16)8-1-3-12(4-2-8)20-14(19)9-5-10(17)7-11(18)6-9;/h1-7,17-18H,(H3,15,16);1H. The van der Waals surface area contributed by atoms with Crippen LogP contribution in [0.25, 0.3) is 0 Å². The van der Waals surface area contributed by atoms with E-state index in [0.29, 0.717) is 5.56 Å². The Morgan fingerprint density at radius 2 is 1.52 bits per heavy atom. The summed E-state index contributed by atoms with van der Waals surface area (Å²) in [6.07, 6.45) is 0. The molecule has 0 aliphatic carbocycles. The van der Waals surface area contributed by atoms with Crippen molar-refractivity contribution in [1.82, 2.24) is 0 Å². The third-order valence-electron chi connectivity index (χ3n) is 2.51. The molecule has 0 spiro atoms. The summed E-state index contributed by atoms with van der Waals surface area (Å²) in [6.45, 7) is 0. The molecule has 0 radical (unpaired) electrons. The molecule has 5 N–H and O–H groups in total. The Kier molecular flexibility index (Phi) is 5.15. The summed E-state index contributed by atoms with van der Waals surface area (Å²) in [7, 11) is 0. The van der Waals surface area contributed by atoms with E-state index in [1.165, 1.54) is 24.3 Å². The number of phenols is 2. The van der Waals surface area contributed by atoms with Crippen LogP contribution in [0, 0.1) is 5.41 Å². The maximum absolute atomic E-state index is 11.8. The van der Waals surface area contributed by atoms with Crippen LogP contribution in [0.2, 0.25) is 0 Å². The van der Waals surface area contributed by atoms with E-state index < -0.39 is 5.97 Å². The van der Waals surface area contributed by atoms with E-state index in [0.717, 1.165) is 6.07 Å². The lowest BCUT2D eigenvalue weighted by molar-refractivity contribution is 0.0734. The van der Waals surface area contributed by atoms with Gasteiger partial charge in [0, 0.05) is 11.6 Å². The third kappa shape index (κ3) is 4.12. The average Bonchev–Trinajstić information content (AvgIpc) is 2.38. The fourth-order valence-electron chi connectivity index (χ4n) is 1.58.